The molecule has 0 aliphatic rings. The number of methoxy groups -OCH3 is 1. The van der Waals surface area contributed by atoms with Crippen LogP contribution in [0.1, 0.15) is 67.8 Å². The van der Waals surface area contributed by atoms with Gasteiger partial charge in [0.05, 0.1) is 25.5 Å². The van der Waals surface area contributed by atoms with E-state index >= 15 is 0 Å². The van der Waals surface area contributed by atoms with Crippen LogP contribution in [0.15, 0.2) is 120 Å². The molecule has 0 fully saturated rings. The van der Waals surface area contributed by atoms with E-state index < -0.39 is 17.7 Å². The maximum atomic E-state index is 12.8. The van der Waals surface area contributed by atoms with Crippen LogP contribution in [0, 0.1) is 13.8 Å². The zero-order chi connectivity index (χ0) is 38.8. The summed E-state index contributed by atoms with van der Waals surface area (Å²) in [6.07, 6.45) is -4.04. The molecule has 0 bridgehead atoms. The quantitative estimate of drug-likeness (QED) is 0.120. The number of phenols is 1. The second-order valence-corrected chi connectivity index (χ2v) is 14.5. The third kappa shape index (κ3) is 10.6. The van der Waals surface area contributed by atoms with Crippen LogP contribution >= 0.6 is 22.7 Å². The van der Waals surface area contributed by atoms with Gasteiger partial charge in [0.1, 0.15) is 18.1 Å². The molecule has 11 heteroatoms. The number of carbonyl (C=O) groups is 2. The second kappa shape index (κ2) is 18.1. The molecule has 0 spiro atoms. The van der Waals surface area contributed by atoms with E-state index in [0.29, 0.717) is 17.7 Å². The first-order valence-corrected chi connectivity index (χ1v) is 18.7. The van der Waals surface area contributed by atoms with Crippen molar-refractivity contribution in [2.75, 3.05) is 7.11 Å². The monoisotopic (exact) mass is 772 g/mol. The molecule has 6 nitrogen and oxygen atoms in total. The van der Waals surface area contributed by atoms with Crippen molar-refractivity contribution in [1.82, 2.24) is 0 Å². The first-order chi connectivity index (χ1) is 25.8. The van der Waals surface area contributed by atoms with Gasteiger partial charge < -0.3 is 19.7 Å². The van der Waals surface area contributed by atoms with Crippen LogP contribution in [0.25, 0.3) is 11.1 Å². The molecule has 6 rings (SSSR count). The maximum absolute atomic E-state index is 12.8. The standard InChI is InChI=1S/C28H23F3O3S.C15H16O3S/c1-18-13-14-35-27(18)25(16-26(32)33)21-7-11-24(12-8-21)34-17-19-3-2-4-22(15-19)20-5-9-23(10-6-20)28(29,30)31;1-10-7-8-19-15(10)13(9-14(17)18-2)11-3-5-12(16)6-4-11/h2-15,25H,16-17H2,1H3,(H,32,33);3-8,13,16H,9H2,1-2H3. The molecule has 280 valence electrons. The molecule has 6 aromatic rings. The van der Waals surface area contributed by atoms with Crippen LogP contribution in [0.5, 0.6) is 11.5 Å². The summed E-state index contributed by atoms with van der Waals surface area (Å²) in [6.45, 7) is 4.31. The van der Waals surface area contributed by atoms with Gasteiger partial charge in [0, 0.05) is 21.6 Å². The smallest absolute Gasteiger partial charge is 0.416 e. The largest absolute Gasteiger partial charge is 0.508 e. The summed E-state index contributed by atoms with van der Waals surface area (Å²) < 4.78 is 49.2. The van der Waals surface area contributed by atoms with Crippen molar-refractivity contribution < 1.29 is 42.4 Å². The third-order valence-corrected chi connectivity index (χ3v) is 11.1. The number of aromatic hydroxyl groups is 1. The topological polar surface area (TPSA) is 93.1 Å². The predicted octanol–water partition coefficient (Wildman–Crippen LogP) is 11.4. The number of ether oxygens (including phenoxy) is 2. The Balaban J connectivity index is 0.000000249. The molecule has 0 radical (unpaired) electrons. The zero-order valence-corrected chi connectivity index (χ0v) is 31.4. The molecular weight excluding hydrogens is 734 g/mol. The minimum atomic E-state index is -4.36. The summed E-state index contributed by atoms with van der Waals surface area (Å²) in [5.74, 6) is -0.453. The number of phenolic OH excluding ortho intramolecular Hbond substituents is 1. The molecule has 2 N–H and O–H groups in total. The van der Waals surface area contributed by atoms with E-state index in [0.717, 1.165) is 49.7 Å². The molecule has 0 saturated carbocycles. The lowest BCUT2D eigenvalue weighted by Crippen LogP contribution is -2.09. The molecule has 2 atom stereocenters. The Morgan fingerprint density at radius 3 is 1.78 bits per heavy atom. The van der Waals surface area contributed by atoms with Crippen LogP contribution in [-0.2, 0) is 27.1 Å². The number of aryl methyl sites for hydroxylation is 2. The Kier molecular flexibility index (Phi) is 13.3. The van der Waals surface area contributed by atoms with Gasteiger partial charge in [-0.15, -0.1) is 22.7 Å². The van der Waals surface area contributed by atoms with Gasteiger partial charge in [-0.25, -0.2) is 0 Å². The van der Waals surface area contributed by atoms with Crippen molar-refractivity contribution in [1.29, 1.82) is 0 Å². The number of alkyl halides is 3. The average Bonchev–Trinajstić information content (AvgIpc) is 3.79. The highest BCUT2D eigenvalue weighted by molar-refractivity contribution is 7.10. The lowest BCUT2D eigenvalue weighted by molar-refractivity contribution is -0.141. The molecule has 0 amide bonds. The highest BCUT2D eigenvalue weighted by Gasteiger charge is 2.30. The fourth-order valence-corrected chi connectivity index (χ4v) is 8.11. The molecule has 2 aromatic heterocycles. The molecule has 2 unspecified atom stereocenters. The summed E-state index contributed by atoms with van der Waals surface area (Å²) in [5, 5.41) is 22.7. The molecule has 0 aliphatic carbocycles. The second-order valence-electron chi connectivity index (χ2n) is 12.6. The van der Waals surface area contributed by atoms with E-state index in [4.69, 9.17) is 9.47 Å². The Labute approximate surface area is 320 Å². The van der Waals surface area contributed by atoms with E-state index in [1.165, 1.54) is 24.8 Å². The fraction of sp³-hybridized carbons (Fsp3) is 0.209. The van der Waals surface area contributed by atoms with E-state index in [1.807, 2.05) is 97.4 Å². The van der Waals surface area contributed by atoms with Crippen molar-refractivity contribution in [3.05, 3.63) is 163 Å². The Morgan fingerprint density at radius 1 is 0.722 bits per heavy atom. The number of esters is 1. The maximum Gasteiger partial charge on any atom is 0.416 e. The van der Waals surface area contributed by atoms with E-state index in [-0.39, 0.29) is 36.6 Å². The average molecular weight is 773 g/mol. The number of hydrogen-bond acceptors (Lipinski definition) is 7. The van der Waals surface area contributed by atoms with E-state index in [1.54, 1.807) is 34.8 Å². The number of benzene rings is 4. The summed E-state index contributed by atoms with van der Waals surface area (Å²) in [7, 11) is 1.40. The minimum Gasteiger partial charge on any atom is -0.508 e. The minimum absolute atomic E-state index is 0.0122. The number of thiophene rings is 2. The number of halogens is 3. The SMILES string of the molecule is COC(=O)CC(c1ccc(O)cc1)c1sccc1C.Cc1ccsc1C(CC(=O)O)c1ccc(OCc2cccc(-c3ccc(C(F)(F)F)cc3)c2)cc1. The number of aliphatic carboxylic acids is 1. The number of hydrogen-bond donors (Lipinski definition) is 2. The number of carboxylic acids is 1. The van der Waals surface area contributed by atoms with Crippen LogP contribution in [-0.4, -0.2) is 29.3 Å². The van der Waals surface area contributed by atoms with Gasteiger partial charge in [0.25, 0.3) is 0 Å². The van der Waals surface area contributed by atoms with Crippen molar-refractivity contribution in [3.63, 3.8) is 0 Å². The first kappa shape index (κ1) is 39.8. The number of carbonyl (C=O) groups excluding carboxylic acids is 1. The van der Waals surface area contributed by atoms with E-state index in [2.05, 4.69) is 0 Å². The number of rotatable bonds is 12. The van der Waals surface area contributed by atoms with Gasteiger partial charge in [0.15, 0.2) is 0 Å². The summed E-state index contributed by atoms with van der Waals surface area (Å²) in [6, 6.07) is 31.0. The third-order valence-electron chi connectivity index (χ3n) is 8.87. The van der Waals surface area contributed by atoms with Crippen molar-refractivity contribution >= 4 is 34.6 Å². The molecule has 54 heavy (non-hydrogen) atoms. The Hall–Kier alpha value is -5.39. The summed E-state index contributed by atoms with van der Waals surface area (Å²) in [4.78, 5) is 25.2. The fourth-order valence-electron chi connectivity index (χ4n) is 5.99. The van der Waals surface area contributed by atoms with Gasteiger partial charge >= 0.3 is 18.1 Å². The first-order valence-electron chi connectivity index (χ1n) is 17.0. The van der Waals surface area contributed by atoms with Crippen LogP contribution < -0.4 is 4.74 Å². The molecular formula is C43H39F3O6S2. The highest BCUT2D eigenvalue weighted by atomic mass is 32.1. The highest BCUT2D eigenvalue weighted by Crippen LogP contribution is 2.37. The molecule has 4 aromatic carbocycles. The van der Waals surface area contributed by atoms with Gasteiger partial charge in [-0.05, 0) is 118 Å². The Morgan fingerprint density at radius 2 is 1.28 bits per heavy atom. The molecule has 0 aliphatic heterocycles. The summed E-state index contributed by atoms with van der Waals surface area (Å²) in [5.41, 5.74) is 5.87. The van der Waals surface area contributed by atoms with Gasteiger partial charge in [-0.1, -0.05) is 54.6 Å². The molecule has 2 heterocycles. The van der Waals surface area contributed by atoms with Crippen molar-refractivity contribution in [3.8, 4) is 22.6 Å². The van der Waals surface area contributed by atoms with Gasteiger partial charge in [-0.2, -0.15) is 13.2 Å². The van der Waals surface area contributed by atoms with Gasteiger partial charge in [0.2, 0.25) is 0 Å². The molecule has 0 saturated heterocycles. The Bertz CT molecular complexity index is 2140. The van der Waals surface area contributed by atoms with Crippen LogP contribution in [0.2, 0.25) is 0 Å². The lowest BCUT2D eigenvalue weighted by Gasteiger charge is -2.16. The predicted molar refractivity (Wildman–Crippen MR) is 206 cm³/mol. The van der Waals surface area contributed by atoms with E-state index in [9.17, 15) is 33.0 Å². The number of carboxylic acid groups (broad SMARTS) is 1. The van der Waals surface area contributed by atoms with Crippen LogP contribution in [0.3, 0.4) is 0 Å². The summed E-state index contributed by atoms with van der Waals surface area (Å²) >= 11 is 3.20. The van der Waals surface area contributed by atoms with Crippen molar-refractivity contribution in [2.24, 2.45) is 0 Å². The van der Waals surface area contributed by atoms with Gasteiger partial charge in [-0.3, -0.25) is 9.59 Å². The zero-order valence-electron chi connectivity index (χ0n) is 29.8. The van der Waals surface area contributed by atoms with Crippen molar-refractivity contribution in [2.45, 2.75) is 51.3 Å². The van der Waals surface area contributed by atoms with Crippen LogP contribution in [0.4, 0.5) is 13.2 Å². The normalized spacial score (nSPS) is 12.3. The lowest BCUT2D eigenvalue weighted by atomic mass is 9.92.